The maximum Gasteiger partial charge on any atom is 1.00 e. The molecule has 1 aromatic rings. The summed E-state index contributed by atoms with van der Waals surface area (Å²) in [4.78, 5) is 23.8. The summed E-state index contributed by atoms with van der Waals surface area (Å²) in [7, 11) is 0. The van der Waals surface area contributed by atoms with E-state index < -0.39 is 24.3 Å². The number of rotatable bonds is 2. The van der Waals surface area contributed by atoms with E-state index in [2.05, 4.69) is 0 Å². The average molecular weight is 319 g/mol. The molecule has 1 aliphatic heterocycles. The van der Waals surface area contributed by atoms with Crippen molar-refractivity contribution in [2.75, 3.05) is 6.54 Å². The molecule has 7 heteroatoms. The van der Waals surface area contributed by atoms with E-state index in [0.717, 1.165) is 6.42 Å². The number of halogens is 2. The SMILES string of the molecule is CC1CCC(c2ccc(C(F)F)cc2)N(C(=O)C(=O)[O-])C1.[Na+]. The largest absolute Gasteiger partial charge is 1.00 e. The fourth-order valence-electron chi connectivity index (χ4n) is 2.70. The Balaban J connectivity index is 0.00000242. The van der Waals surface area contributed by atoms with Gasteiger partial charge in [0.25, 0.3) is 12.3 Å². The Kier molecular flexibility index (Phi) is 6.97. The number of amides is 1. The van der Waals surface area contributed by atoms with Crippen molar-refractivity contribution in [3.63, 3.8) is 0 Å². The van der Waals surface area contributed by atoms with Crippen molar-refractivity contribution in [1.82, 2.24) is 4.90 Å². The van der Waals surface area contributed by atoms with Gasteiger partial charge in [0, 0.05) is 12.1 Å². The van der Waals surface area contributed by atoms with E-state index in [1.165, 1.54) is 29.2 Å². The molecule has 0 radical (unpaired) electrons. The van der Waals surface area contributed by atoms with Crippen LogP contribution in [0.5, 0.6) is 0 Å². The average Bonchev–Trinajstić information content (AvgIpc) is 2.46. The van der Waals surface area contributed by atoms with Crippen LogP contribution in [0.1, 0.15) is 43.4 Å². The molecule has 4 nitrogen and oxygen atoms in total. The molecule has 1 amide bonds. The molecule has 0 N–H and O–H groups in total. The van der Waals surface area contributed by atoms with Crippen molar-refractivity contribution < 1.29 is 53.0 Å². The fraction of sp³-hybridized carbons (Fsp3) is 0.467. The molecule has 1 aliphatic rings. The number of hydrogen-bond donors (Lipinski definition) is 0. The molecule has 1 heterocycles. The molecular formula is C15H16F2NNaO3. The number of alkyl halides is 2. The number of piperidine rings is 1. The molecule has 1 fully saturated rings. The molecule has 0 spiro atoms. The number of benzene rings is 1. The number of carboxylic acid groups (broad SMARTS) is 1. The summed E-state index contributed by atoms with van der Waals surface area (Å²) in [6.45, 7) is 2.26. The zero-order valence-electron chi connectivity index (χ0n) is 12.6. The van der Waals surface area contributed by atoms with Gasteiger partial charge in [0.1, 0.15) is 5.97 Å². The van der Waals surface area contributed by atoms with Crippen molar-refractivity contribution in [2.24, 2.45) is 5.92 Å². The van der Waals surface area contributed by atoms with Gasteiger partial charge in [0.15, 0.2) is 0 Å². The Morgan fingerprint density at radius 1 is 1.23 bits per heavy atom. The van der Waals surface area contributed by atoms with Crippen LogP contribution in [0.25, 0.3) is 0 Å². The molecule has 2 rings (SSSR count). The molecule has 1 saturated heterocycles. The standard InChI is InChI=1S/C15H17F2NO3.Na/c1-9-2-7-12(18(8-9)14(19)15(20)21)10-3-5-11(6-4-10)13(16)17;/h3-6,9,12-13H,2,7-8H2,1H3,(H,20,21);/q;+1/p-1. The Morgan fingerprint density at radius 2 is 1.82 bits per heavy atom. The van der Waals surface area contributed by atoms with Gasteiger partial charge in [-0.3, -0.25) is 4.79 Å². The third kappa shape index (κ3) is 4.27. The number of nitrogens with zero attached hydrogens (tertiary/aromatic N) is 1. The van der Waals surface area contributed by atoms with Gasteiger partial charge in [-0.15, -0.1) is 0 Å². The maximum atomic E-state index is 12.6. The number of carboxylic acids is 1. The second-order valence-corrected chi connectivity index (χ2v) is 5.41. The van der Waals surface area contributed by atoms with Crippen LogP contribution in [0.3, 0.4) is 0 Å². The molecule has 0 aliphatic carbocycles. The van der Waals surface area contributed by atoms with Crippen molar-refractivity contribution in [3.8, 4) is 0 Å². The molecule has 114 valence electrons. The van der Waals surface area contributed by atoms with Crippen LogP contribution in [0.2, 0.25) is 0 Å². The van der Waals surface area contributed by atoms with Crippen molar-refractivity contribution in [2.45, 2.75) is 32.2 Å². The van der Waals surface area contributed by atoms with E-state index in [-0.39, 0.29) is 41.0 Å². The van der Waals surface area contributed by atoms with Crippen LogP contribution in [-0.2, 0) is 9.59 Å². The van der Waals surface area contributed by atoms with E-state index in [9.17, 15) is 23.5 Å². The fourth-order valence-corrected chi connectivity index (χ4v) is 2.70. The van der Waals surface area contributed by atoms with Crippen LogP contribution in [0.15, 0.2) is 24.3 Å². The van der Waals surface area contributed by atoms with Crippen LogP contribution in [0, 0.1) is 5.92 Å². The summed E-state index contributed by atoms with van der Waals surface area (Å²) in [6.07, 6.45) is -1.10. The molecule has 0 bridgehead atoms. The molecule has 22 heavy (non-hydrogen) atoms. The van der Waals surface area contributed by atoms with Crippen LogP contribution < -0.4 is 34.7 Å². The summed E-state index contributed by atoms with van der Waals surface area (Å²) < 4.78 is 25.1. The minimum atomic E-state index is -2.55. The molecule has 0 saturated carbocycles. The zero-order valence-corrected chi connectivity index (χ0v) is 14.6. The first-order chi connectivity index (χ1) is 9.90. The first kappa shape index (κ1) is 19.1. The van der Waals surface area contributed by atoms with Gasteiger partial charge in [0.05, 0.1) is 6.04 Å². The summed E-state index contributed by atoms with van der Waals surface area (Å²) in [6, 6.07) is 5.26. The number of aliphatic carboxylic acids is 1. The smallest absolute Gasteiger partial charge is 0.540 e. The molecule has 2 unspecified atom stereocenters. The Morgan fingerprint density at radius 3 is 2.32 bits per heavy atom. The summed E-state index contributed by atoms with van der Waals surface area (Å²) >= 11 is 0. The molecule has 2 atom stereocenters. The van der Waals surface area contributed by atoms with Gasteiger partial charge >= 0.3 is 29.6 Å². The topological polar surface area (TPSA) is 60.4 Å². The second-order valence-electron chi connectivity index (χ2n) is 5.41. The van der Waals surface area contributed by atoms with Crippen molar-refractivity contribution >= 4 is 11.9 Å². The Hall–Kier alpha value is -0.980. The Labute approximate surface area is 149 Å². The third-order valence-electron chi connectivity index (χ3n) is 3.83. The summed E-state index contributed by atoms with van der Waals surface area (Å²) in [5.74, 6) is -2.59. The normalized spacial score (nSPS) is 21.4. The molecule has 0 aromatic heterocycles. The molecule has 1 aromatic carbocycles. The Bertz CT molecular complexity index is 536. The number of carbonyl (C=O) groups is 2. The minimum Gasteiger partial charge on any atom is -0.540 e. The predicted octanol–water partition coefficient (Wildman–Crippen LogP) is -1.32. The first-order valence-corrected chi connectivity index (χ1v) is 6.80. The minimum absolute atomic E-state index is 0. The van der Waals surface area contributed by atoms with Gasteiger partial charge in [-0.2, -0.15) is 0 Å². The van der Waals surface area contributed by atoms with Crippen LogP contribution in [0.4, 0.5) is 8.78 Å². The van der Waals surface area contributed by atoms with Gasteiger partial charge in [-0.05, 0) is 24.3 Å². The molecular weight excluding hydrogens is 303 g/mol. The van der Waals surface area contributed by atoms with Gasteiger partial charge < -0.3 is 14.8 Å². The van der Waals surface area contributed by atoms with Gasteiger partial charge in [-0.25, -0.2) is 8.78 Å². The third-order valence-corrected chi connectivity index (χ3v) is 3.83. The van der Waals surface area contributed by atoms with E-state index in [0.29, 0.717) is 18.5 Å². The number of carbonyl (C=O) groups excluding carboxylic acids is 2. The van der Waals surface area contributed by atoms with Gasteiger partial charge in [-0.1, -0.05) is 31.2 Å². The maximum absolute atomic E-state index is 12.6. The number of likely N-dealkylation sites (tertiary alicyclic amines) is 1. The number of hydrogen-bond acceptors (Lipinski definition) is 3. The quantitative estimate of drug-likeness (QED) is 0.502. The first-order valence-electron chi connectivity index (χ1n) is 6.80. The zero-order chi connectivity index (χ0) is 15.6. The summed E-state index contributed by atoms with van der Waals surface area (Å²) in [5.41, 5.74) is 0.571. The monoisotopic (exact) mass is 319 g/mol. The van der Waals surface area contributed by atoms with E-state index in [1.54, 1.807) is 0 Å². The van der Waals surface area contributed by atoms with E-state index in [4.69, 9.17) is 0 Å². The van der Waals surface area contributed by atoms with Crippen LogP contribution in [-0.4, -0.2) is 23.3 Å². The van der Waals surface area contributed by atoms with E-state index in [1.807, 2.05) is 6.92 Å². The second kappa shape index (κ2) is 8.04. The van der Waals surface area contributed by atoms with E-state index >= 15 is 0 Å². The van der Waals surface area contributed by atoms with Crippen molar-refractivity contribution in [3.05, 3.63) is 35.4 Å². The predicted molar refractivity (Wildman–Crippen MR) is 69.3 cm³/mol. The van der Waals surface area contributed by atoms with Crippen molar-refractivity contribution in [1.29, 1.82) is 0 Å². The van der Waals surface area contributed by atoms with Crippen LogP contribution >= 0.6 is 0 Å². The summed E-state index contributed by atoms with van der Waals surface area (Å²) in [5, 5.41) is 10.8. The van der Waals surface area contributed by atoms with Gasteiger partial charge in [0.2, 0.25) is 0 Å².